The summed E-state index contributed by atoms with van der Waals surface area (Å²) in [6.45, 7) is 2.30. The van der Waals surface area contributed by atoms with Crippen LogP contribution < -0.4 is 16.4 Å². The van der Waals surface area contributed by atoms with Gasteiger partial charge in [-0.15, -0.1) is 12.4 Å². The van der Waals surface area contributed by atoms with Gasteiger partial charge in [0.15, 0.2) is 5.76 Å². The van der Waals surface area contributed by atoms with E-state index < -0.39 is 0 Å². The fourth-order valence-electron chi connectivity index (χ4n) is 2.61. The van der Waals surface area contributed by atoms with E-state index in [4.69, 9.17) is 10.2 Å². The third-order valence-corrected chi connectivity index (χ3v) is 4.25. The normalized spacial score (nSPS) is 14.3. The topological polar surface area (TPSA) is 97.4 Å². The van der Waals surface area contributed by atoms with Crippen molar-refractivity contribution in [3.05, 3.63) is 53.5 Å². The summed E-state index contributed by atoms with van der Waals surface area (Å²) in [6, 6.07) is 8.47. The number of rotatable bonds is 6. The number of nitrogens with two attached hydrogens (primary N) is 1. The van der Waals surface area contributed by atoms with Gasteiger partial charge in [0, 0.05) is 23.8 Å². The van der Waals surface area contributed by atoms with Crippen molar-refractivity contribution in [2.45, 2.75) is 25.8 Å². The summed E-state index contributed by atoms with van der Waals surface area (Å²) >= 11 is 0. The molecule has 6 nitrogen and oxygen atoms in total. The molecule has 1 aromatic carbocycles. The number of furan rings is 1. The molecule has 3 rings (SSSR count). The Morgan fingerprint density at radius 3 is 2.64 bits per heavy atom. The third kappa shape index (κ3) is 4.61. The number of hydrogen-bond donors (Lipinski definition) is 3. The number of halogens is 1. The molecular formula is C18H22ClN3O3. The number of carbonyl (C=O) groups is 2. The number of carbonyl (C=O) groups excluding carboxylic acids is 2. The molecular weight excluding hydrogens is 342 g/mol. The van der Waals surface area contributed by atoms with Crippen LogP contribution in [0.3, 0.4) is 0 Å². The van der Waals surface area contributed by atoms with E-state index in [9.17, 15) is 9.59 Å². The van der Waals surface area contributed by atoms with Gasteiger partial charge in [-0.2, -0.15) is 0 Å². The van der Waals surface area contributed by atoms with Crippen LogP contribution in [0, 0.1) is 12.8 Å². The maximum atomic E-state index is 12.4. The molecule has 1 aliphatic rings. The number of aryl methyl sites for hydroxylation is 1. The molecule has 1 heterocycles. The average molecular weight is 364 g/mol. The Kier molecular flexibility index (Phi) is 6.22. The molecule has 1 atom stereocenters. The van der Waals surface area contributed by atoms with Crippen molar-refractivity contribution in [3.8, 4) is 0 Å². The lowest BCUT2D eigenvalue weighted by Gasteiger charge is -2.17. The minimum absolute atomic E-state index is 0. The van der Waals surface area contributed by atoms with Crippen molar-refractivity contribution in [2.75, 3.05) is 11.9 Å². The molecule has 134 valence electrons. The van der Waals surface area contributed by atoms with E-state index in [0.29, 0.717) is 23.7 Å². The molecule has 1 fully saturated rings. The van der Waals surface area contributed by atoms with Crippen molar-refractivity contribution in [1.29, 1.82) is 0 Å². The van der Waals surface area contributed by atoms with Crippen molar-refractivity contribution >= 4 is 29.9 Å². The molecule has 7 heteroatoms. The van der Waals surface area contributed by atoms with Gasteiger partial charge in [0.05, 0.1) is 6.26 Å². The minimum Gasteiger partial charge on any atom is -0.459 e. The van der Waals surface area contributed by atoms with Gasteiger partial charge in [0.2, 0.25) is 0 Å². The number of nitrogens with one attached hydrogen (secondary N) is 2. The Bertz CT molecular complexity index is 742. The van der Waals surface area contributed by atoms with E-state index in [0.717, 1.165) is 18.4 Å². The first kappa shape index (κ1) is 19.0. The number of hydrogen-bond acceptors (Lipinski definition) is 4. The highest BCUT2D eigenvalue weighted by atomic mass is 35.5. The molecule has 2 aromatic rings. The lowest BCUT2D eigenvalue weighted by atomic mass is 10.1. The van der Waals surface area contributed by atoms with E-state index >= 15 is 0 Å². The van der Waals surface area contributed by atoms with Crippen LogP contribution in [-0.4, -0.2) is 24.4 Å². The summed E-state index contributed by atoms with van der Waals surface area (Å²) in [5.41, 5.74) is 7.67. The predicted molar refractivity (Wildman–Crippen MR) is 98.1 cm³/mol. The number of benzene rings is 1. The second-order valence-corrected chi connectivity index (χ2v) is 6.11. The van der Waals surface area contributed by atoms with Crippen LogP contribution in [0.2, 0.25) is 0 Å². The van der Waals surface area contributed by atoms with Crippen molar-refractivity contribution in [2.24, 2.45) is 11.7 Å². The quantitative estimate of drug-likeness (QED) is 0.735. The number of amides is 2. The van der Waals surface area contributed by atoms with E-state index in [1.165, 1.54) is 6.26 Å². The minimum atomic E-state index is -0.349. The van der Waals surface area contributed by atoms with Gasteiger partial charge in [-0.25, -0.2) is 0 Å². The molecule has 0 radical (unpaired) electrons. The van der Waals surface area contributed by atoms with Crippen molar-refractivity contribution in [3.63, 3.8) is 0 Å². The second-order valence-electron chi connectivity index (χ2n) is 6.11. The average Bonchev–Trinajstić information content (AvgIpc) is 3.27. The summed E-state index contributed by atoms with van der Waals surface area (Å²) in [4.78, 5) is 24.5. The van der Waals surface area contributed by atoms with Crippen LogP contribution in [-0.2, 0) is 0 Å². The van der Waals surface area contributed by atoms with Gasteiger partial charge in [0.25, 0.3) is 11.8 Å². The summed E-state index contributed by atoms with van der Waals surface area (Å²) in [5.74, 6) is 0.188. The first-order valence-electron chi connectivity index (χ1n) is 8.05. The largest absolute Gasteiger partial charge is 0.459 e. The fraction of sp³-hybridized carbons (Fsp3) is 0.333. The zero-order chi connectivity index (χ0) is 17.1. The van der Waals surface area contributed by atoms with Crippen LogP contribution in [0.25, 0.3) is 0 Å². The second kappa shape index (κ2) is 8.18. The van der Waals surface area contributed by atoms with Crippen LogP contribution in [0.4, 0.5) is 5.69 Å². The Morgan fingerprint density at radius 2 is 2.04 bits per heavy atom. The summed E-state index contributed by atoms with van der Waals surface area (Å²) in [5, 5.41) is 5.75. The SMILES string of the molecule is Cc1ccc(C(=O)NC(CN)C2CC2)cc1NC(=O)c1ccco1.Cl. The van der Waals surface area contributed by atoms with Crippen molar-refractivity contribution < 1.29 is 14.0 Å². The van der Waals surface area contributed by atoms with Crippen LogP contribution in [0.5, 0.6) is 0 Å². The standard InChI is InChI=1S/C18H21N3O3.ClH/c1-11-4-5-13(17(22)21-15(10-19)12-6-7-12)9-14(11)20-18(23)16-3-2-8-24-16;/h2-5,8-9,12,15H,6-7,10,19H2,1H3,(H,20,23)(H,21,22);1H. The van der Waals surface area contributed by atoms with Crippen LogP contribution in [0.1, 0.15) is 39.3 Å². The smallest absolute Gasteiger partial charge is 0.291 e. The Labute approximate surface area is 152 Å². The molecule has 1 aromatic heterocycles. The zero-order valence-corrected chi connectivity index (χ0v) is 14.8. The zero-order valence-electron chi connectivity index (χ0n) is 14.0. The molecule has 4 N–H and O–H groups in total. The van der Waals surface area contributed by atoms with Crippen molar-refractivity contribution in [1.82, 2.24) is 5.32 Å². The van der Waals surface area contributed by atoms with Gasteiger partial charge in [-0.05, 0) is 55.5 Å². The molecule has 0 saturated heterocycles. The van der Waals surface area contributed by atoms with Gasteiger partial charge in [0.1, 0.15) is 0 Å². The Morgan fingerprint density at radius 1 is 1.28 bits per heavy atom. The van der Waals surface area contributed by atoms with Gasteiger partial charge >= 0.3 is 0 Å². The van der Waals surface area contributed by atoms with Crippen LogP contribution >= 0.6 is 12.4 Å². The molecule has 1 unspecified atom stereocenters. The summed E-state index contributed by atoms with van der Waals surface area (Å²) in [7, 11) is 0. The monoisotopic (exact) mass is 363 g/mol. The Balaban J connectivity index is 0.00000225. The van der Waals surface area contributed by atoms with E-state index in [-0.39, 0.29) is 36.0 Å². The molecule has 25 heavy (non-hydrogen) atoms. The number of anilines is 1. The van der Waals surface area contributed by atoms with Gasteiger partial charge in [-0.3, -0.25) is 9.59 Å². The lowest BCUT2D eigenvalue weighted by molar-refractivity contribution is 0.0932. The van der Waals surface area contributed by atoms with Crippen LogP contribution in [0.15, 0.2) is 41.0 Å². The molecule has 0 aliphatic heterocycles. The molecule has 1 saturated carbocycles. The summed E-state index contributed by atoms with van der Waals surface area (Å²) in [6.07, 6.45) is 3.66. The van der Waals surface area contributed by atoms with E-state index in [2.05, 4.69) is 10.6 Å². The molecule has 2 amide bonds. The fourth-order valence-corrected chi connectivity index (χ4v) is 2.61. The van der Waals surface area contributed by atoms with E-state index in [1.54, 1.807) is 30.3 Å². The predicted octanol–water partition coefficient (Wildman–Crippen LogP) is 2.73. The third-order valence-electron chi connectivity index (χ3n) is 4.25. The van der Waals surface area contributed by atoms with Gasteiger partial charge < -0.3 is 20.8 Å². The molecule has 0 bridgehead atoms. The first-order valence-corrected chi connectivity index (χ1v) is 8.05. The lowest BCUT2D eigenvalue weighted by Crippen LogP contribution is -2.41. The molecule has 0 spiro atoms. The highest BCUT2D eigenvalue weighted by molar-refractivity contribution is 6.04. The maximum Gasteiger partial charge on any atom is 0.291 e. The molecule has 1 aliphatic carbocycles. The van der Waals surface area contributed by atoms with E-state index in [1.807, 2.05) is 6.92 Å². The highest BCUT2D eigenvalue weighted by Crippen LogP contribution is 2.32. The maximum absolute atomic E-state index is 12.4. The summed E-state index contributed by atoms with van der Waals surface area (Å²) < 4.78 is 5.08. The highest BCUT2D eigenvalue weighted by Gasteiger charge is 2.31. The Hall–Kier alpha value is -2.31. The van der Waals surface area contributed by atoms with Gasteiger partial charge in [-0.1, -0.05) is 6.07 Å². The first-order chi connectivity index (χ1) is 11.6.